The zero-order chi connectivity index (χ0) is 22.5. The van der Waals surface area contributed by atoms with Crippen LogP contribution >= 0.6 is 27.5 Å². The summed E-state index contributed by atoms with van der Waals surface area (Å²) in [5, 5.41) is 13.4. The summed E-state index contributed by atoms with van der Waals surface area (Å²) in [7, 11) is -2.67. The fourth-order valence-electron chi connectivity index (χ4n) is 2.36. The number of amides is 2. The molecule has 0 heterocycles. The van der Waals surface area contributed by atoms with Crippen molar-refractivity contribution >= 4 is 60.9 Å². The smallest absolute Gasteiger partial charge is 0.404 e. The van der Waals surface area contributed by atoms with Crippen LogP contribution in [0.2, 0.25) is 5.02 Å². The highest BCUT2D eigenvalue weighted by Crippen LogP contribution is 2.32. The van der Waals surface area contributed by atoms with Crippen LogP contribution in [0.3, 0.4) is 0 Å². The summed E-state index contributed by atoms with van der Waals surface area (Å²) in [6.07, 6.45) is -1.23. The molecule has 0 aliphatic heterocycles. The Morgan fingerprint density at radius 1 is 1.23 bits per heavy atom. The molecule has 0 aliphatic rings. The van der Waals surface area contributed by atoms with Gasteiger partial charge in [-0.25, -0.2) is 13.2 Å². The number of halogens is 2. The quantitative estimate of drug-likeness (QED) is 0.419. The number of carbonyl (C=O) groups is 2. The van der Waals surface area contributed by atoms with Gasteiger partial charge in [-0.05, 0) is 36.4 Å². The molecule has 0 aliphatic carbocycles. The van der Waals surface area contributed by atoms with Gasteiger partial charge in [-0.3, -0.25) is 9.52 Å². The number of benzene rings is 2. The van der Waals surface area contributed by atoms with Crippen LogP contribution in [0.4, 0.5) is 16.2 Å². The minimum Gasteiger partial charge on any atom is -0.495 e. The number of rotatable bonds is 8. The van der Waals surface area contributed by atoms with E-state index in [-0.39, 0.29) is 27.9 Å². The molecular formula is C18H19BrClN3O6S. The van der Waals surface area contributed by atoms with E-state index in [2.05, 4.69) is 31.3 Å². The maximum atomic E-state index is 12.8. The molecule has 2 amide bonds. The molecule has 2 rings (SSSR count). The van der Waals surface area contributed by atoms with E-state index >= 15 is 0 Å². The molecule has 2 aromatic carbocycles. The molecule has 0 bridgehead atoms. The molecule has 0 unspecified atom stereocenters. The number of hydrogen-bond donors (Lipinski definition) is 4. The fraction of sp³-hybridized carbons (Fsp3) is 0.222. The zero-order valence-electron chi connectivity index (χ0n) is 15.9. The highest BCUT2D eigenvalue weighted by Gasteiger charge is 2.21. The first kappa shape index (κ1) is 23.8. The van der Waals surface area contributed by atoms with E-state index in [1.54, 1.807) is 13.0 Å². The lowest BCUT2D eigenvalue weighted by molar-refractivity contribution is -0.119. The fourth-order valence-corrected chi connectivity index (χ4v) is 4.46. The molecule has 9 nitrogen and oxygen atoms in total. The van der Waals surface area contributed by atoms with Crippen LogP contribution in [-0.2, 0) is 14.8 Å². The lowest BCUT2D eigenvalue weighted by atomic mass is 10.1. The molecule has 12 heteroatoms. The maximum absolute atomic E-state index is 12.8. The third-order valence-electron chi connectivity index (χ3n) is 3.90. The Bertz CT molecular complexity index is 1060. The lowest BCUT2D eigenvalue weighted by Gasteiger charge is -2.16. The molecule has 2 aromatic rings. The topological polar surface area (TPSA) is 134 Å². The molecule has 0 aromatic heterocycles. The van der Waals surface area contributed by atoms with Crippen molar-refractivity contribution in [2.45, 2.75) is 11.8 Å². The highest BCUT2D eigenvalue weighted by molar-refractivity contribution is 9.10. The Hall–Kier alpha value is -2.50. The van der Waals surface area contributed by atoms with Gasteiger partial charge < -0.3 is 20.5 Å². The molecule has 0 spiro atoms. The lowest BCUT2D eigenvalue weighted by Crippen LogP contribution is -2.33. The first-order valence-electron chi connectivity index (χ1n) is 8.47. The molecular weight excluding hydrogens is 502 g/mol. The van der Waals surface area contributed by atoms with Gasteiger partial charge in [-0.1, -0.05) is 34.5 Å². The van der Waals surface area contributed by atoms with Gasteiger partial charge in [0.1, 0.15) is 10.6 Å². The van der Waals surface area contributed by atoms with Crippen LogP contribution in [0.1, 0.15) is 6.92 Å². The van der Waals surface area contributed by atoms with E-state index in [0.29, 0.717) is 10.2 Å². The van der Waals surface area contributed by atoms with Gasteiger partial charge in [-0.15, -0.1) is 0 Å². The van der Waals surface area contributed by atoms with Crippen LogP contribution in [0.5, 0.6) is 5.75 Å². The second kappa shape index (κ2) is 10.0. The summed E-state index contributed by atoms with van der Waals surface area (Å²) < 4.78 is 33.8. The summed E-state index contributed by atoms with van der Waals surface area (Å²) in [4.78, 5) is 22.7. The predicted octanol–water partition coefficient (Wildman–Crippen LogP) is 3.75. The van der Waals surface area contributed by atoms with Crippen molar-refractivity contribution in [3.05, 3.63) is 45.9 Å². The standard InChI is InChI=1S/C18H19BrClN3O6S/c1-10(9-21-18(25)26)17(24)22-12-4-5-15(29-2)14(8-12)23-30(27,28)16-6-3-11(19)7-13(16)20/h3-8,10,21,23H,9H2,1-2H3,(H,22,24)(H,25,26)/t10-/m0/s1. The van der Waals surface area contributed by atoms with Gasteiger partial charge >= 0.3 is 6.09 Å². The van der Waals surface area contributed by atoms with Crippen molar-refractivity contribution in [3.63, 3.8) is 0 Å². The Balaban J connectivity index is 2.26. The normalized spacial score (nSPS) is 12.0. The molecule has 0 fully saturated rings. The van der Waals surface area contributed by atoms with E-state index in [0.717, 1.165) is 0 Å². The average molecular weight is 521 g/mol. The number of carboxylic acid groups (broad SMARTS) is 1. The Morgan fingerprint density at radius 3 is 2.53 bits per heavy atom. The van der Waals surface area contributed by atoms with Crippen LogP contribution in [-0.4, -0.2) is 39.2 Å². The average Bonchev–Trinajstić information content (AvgIpc) is 2.65. The molecule has 0 radical (unpaired) electrons. The van der Waals surface area contributed by atoms with Crippen molar-refractivity contribution in [1.29, 1.82) is 0 Å². The van der Waals surface area contributed by atoms with Gasteiger partial charge in [0.2, 0.25) is 5.91 Å². The van der Waals surface area contributed by atoms with Crippen LogP contribution < -0.4 is 20.1 Å². The van der Waals surface area contributed by atoms with Crippen molar-refractivity contribution < 1.29 is 27.9 Å². The minimum absolute atomic E-state index is 0.0278. The summed E-state index contributed by atoms with van der Waals surface area (Å²) >= 11 is 9.27. The first-order chi connectivity index (χ1) is 14.0. The highest BCUT2D eigenvalue weighted by atomic mass is 79.9. The van der Waals surface area contributed by atoms with Crippen molar-refractivity contribution in [2.24, 2.45) is 5.92 Å². The number of anilines is 2. The van der Waals surface area contributed by atoms with Crippen molar-refractivity contribution in [2.75, 3.05) is 23.7 Å². The van der Waals surface area contributed by atoms with Gasteiger partial charge in [0, 0.05) is 16.7 Å². The van der Waals surface area contributed by atoms with Crippen LogP contribution in [0.25, 0.3) is 0 Å². The van der Waals surface area contributed by atoms with E-state index in [9.17, 15) is 18.0 Å². The van der Waals surface area contributed by atoms with Crippen LogP contribution in [0.15, 0.2) is 45.8 Å². The number of nitrogens with one attached hydrogen (secondary N) is 3. The Kier molecular flexibility index (Phi) is 7.93. The number of methoxy groups -OCH3 is 1. The monoisotopic (exact) mass is 519 g/mol. The van der Waals surface area contributed by atoms with Gasteiger partial charge in [0.05, 0.1) is 23.7 Å². The van der Waals surface area contributed by atoms with E-state index < -0.39 is 27.9 Å². The molecule has 30 heavy (non-hydrogen) atoms. The van der Waals surface area contributed by atoms with Crippen molar-refractivity contribution in [1.82, 2.24) is 5.32 Å². The van der Waals surface area contributed by atoms with Crippen molar-refractivity contribution in [3.8, 4) is 5.75 Å². The number of sulfonamides is 1. The third kappa shape index (κ3) is 6.25. The summed E-state index contributed by atoms with van der Waals surface area (Å²) in [6, 6.07) is 8.75. The summed E-state index contributed by atoms with van der Waals surface area (Å²) in [5.41, 5.74) is 0.383. The third-order valence-corrected chi connectivity index (χ3v) is 6.24. The molecule has 162 valence electrons. The minimum atomic E-state index is -4.04. The maximum Gasteiger partial charge on any atom is 0.404 e. The van der Waals surface area contributed by atoms with E-state index in [1.807, 2.05) is 0 Å². The van der Waals surface area contributed by atoms with Gasteiger partial charge in [-0.2, -0.15) is 0 Å². The molecule has 1 atom stereocenters. The van der Waals surface area contributed by atoms with Gasteiger partial charge in [0.25, 0.3) is 10.0 Å². The Morgan fingerprint density at radius 2 is 1.93 bits per heavy atom. The summed E-state index contributed by atoms with van der Waals surface area (Å²) in [6.45, 7) is 1.48. The van der Waals surface area contributed by atoms with E-state index in [1.165, 1.54) is 37.4 Å². The molecule has 0 saturated carbocycles. The largest absolute Gasteiger partial charge is 0.495 e. The number of carbonyl (C=O) groups excluding carboxylic acids is 1. The summed E-state index contributed by atoms with van der Waals surface area (Å²) in [5.74, 6) is -0.867. The van der Waals surface area contributed by atoms with E-state index in [4.69, 9.17) is 21.4 Å². The van der Waals surface area contributed by atoms with Crippen LogP contribution in [0, 0.1) is 5.92 Å². The second-order valence-corrected chi connectivity index (χ2v) is 9.15. The Labute approximate surface area is 186 Å². The molecule has 0 saturated heterocycles. The number of ether oxygens (including phenoxy) is 1. The van der Waals surface area contributed by atoms with Gasteiger partial charge in [0.15, 0.2) is 0 Å². The predicted molar refractivity (Wildman–Crippen MR) is 117 cm³/mol. The SMILES string of the molecule is COc1ccc(NC(=O)[C@@H](C)CNC(=O)O)cc1NS(=O)(=O)c1ccc(Br)cc1Cl. The molecule has 4 N–H and O–H groups in total. The number of hydrogen-bond acceptors (Lipinski definition) is 5. The zero-order valence-corrected chi connectivity index (χ0v) is 19.1. The second-order valence-electron chi connectivity index (χ2n) is 6.17. The first-order valence-corrected chi connectivity index (χ1v) is 11.1.